The van der Waals surface area contributed by atoms with Gasteiger partial charge in [0.25, 0.3) is 0 Å². The molecule has 0 aliphatic carbocycles. The van der Waals surface area contributed by atoms with Crippen molar-refractivity contribution in [2.24, 2.45) is 0 Å². The number of aliphatic hydroxyl groups excluding tert-OH is 5. The molecule has 5 N–H and O–H groups in total. The number of thiocarbonyl (C=S) groups is 1. The highest BCUT2D eigenvalue weighted by molar-refractivity contribution is 7.82. The summed E-state index contributed by atoms with van der Waals surface area (Å²) in [4.78, 5) is 10.3. The van der Waals surface area contributed by atoms with Gasteiger partial charge in [-0.05, 0) is 6.92 Å². The molecule has 0 rings (SSSR count). The minimum atomic E-state index is -1.82. The molecule has 0 bridgehead atoms. The van der Waals surface area contributed by atoms with Crippen LogP contribution in [0.2, 0.25) is 0 Å². The molecule has 7 heteroatoms. The molecule has 0 aliphatic rings. The van der Waals surface area contributed by atoms with E-state index >= 15 is 0 Å². The molecule has 0 aromatic heterocycles. The normalized spacial score (nSPS) is 19.1. The average Bonchev–Trinajstić information content (AvgIpc) is 2.23. The summed E-state index contributed by atoms with van der Waals surface area (Å²) in [5.74, 6) is -0.609. The highest BCUT2D eigenvalue weighted by atomic mass is 32.1. The van der Waals surface area contributed by atoms with E-state index in [-0.39, 0.29) is 0 Å². The lowest BCUT2D eigenvalue weighted by Crippen LogP contribution is -2.49. The van der Waals surface area contributed by atoms with E-state index < -0.39 is 41.7 Å². The van der Waals surface area contributed by atoms with Gasteiger partial charge < -0.3 is 25.5 Å². The highest BCUT2D eigenvalue weighted by Crippen LogP contribution is 2.07. The van der Waals surface area contributed by atoms with E-state index in [0.29, 0.717) is 0 Å². The fourth-order valence-corrected chi connectivity index (χ4v) is 1.03. The van der Waals surface area contributed by atoms with Crippen molar-refractivity contribution in [3.8, 4) is 0 Å². The smallest absolute Gasteiger partial charge is 0.169 e. The van der Waals surface area contributed by atoms with Crippen LogP contribution in [0.3, 0.4) is 0 Å². The van der Waals surface area contributed by atoms with Crippen molar-refractivity contribution in [1.29, 1.82) is 0 Å². The van der Waals surface area contributed by atoms with Gasteiger partial charge in [-0.25, -0.2) is 0 Å². The molecule has 0 radical (unpaired) electrons. The Morgan fingerprint density at radius 3 is 2.00 bits per heavy atom. The molecular formula is C8H14O6S. The Morgan fingerprint density at radius 1 is 1.20 bits per heavy atom. The van der Waals surface area contributed by atoms with E-state index in [4.69, 9.17) is 10.2 Å². The number of ketones is 1. The van der Waals surface area contributed by atoms with Crippen LogP contribution in [0.15, 0.2) is 0 Å². The summed E-state index contributed by atoms with van der Waals surface area (Å²) in [5.41, 5.74) is 0. The van der Waals surface area contributed by atoms with Crippen LogP contribution in [-0.4, -0.2) is 67.2 Å². The Morgan fingerprint density at radius 2 is 1.67 bits per heavy atom. The lowest BCUT2D eigenvalue weighted by Gasteiger charge is -2.25. The third-order valence-corrected chi connectivity index (χ3v) is 2.40. The van der Waals surface area contributed by atoms with Gasteiger partial charge in [0.2, 0.25) is 0 Å². The van der Waals surface area contributed by atoms with Crippen LogP contribution in [0.4, 0.5) is 0 Å². The molecule has 15 heavy (non-hydrogen) atoms. The zero-order valence-electron chi connectivity index (χ0n) is 8.07. The molecule has 0 aliphatic heterocycles. The van der Waals surface area contributed by atoms with Crippen LogP contribution < -0.4 is 0 Å². The number of carbonyl (C=O) groups is 1. The van der Waals surface area contributed by atoms with Gasteiger partial charge in [0.05, 0.1) is 11.5 Å². The molecule has 0 heterocycles. The molecule has 4 atom stereocenters. The second kappa shape index (κ2) is 6.21. The van der Waals surface area contributed by atoms with Gasteiger partial charge in [0, 0.05) is 0 Å². The van der Waals surface area contributed by atoms with Crippen LogP contribution in [0.1, 0.15) is 6.92 Å². The second-order valence-corrected chi connectivity index (χ2v) is 3.54. The first-order valence-electron chi connectivity index (χ1n) is 4.20. The molecule has 0 amide bonds. The molecule has 0 fully saturated rings. The van der Waals surface area contributed by atoms with Crippen LogP contribution >= 0.6 is 12.2 Å². The van der Waals surface area contributed by atoms with Gasteiger partial charge in [-0.2, -0.15) is 0 Å². The number of Topliss-reactive ketones (excluding diaryl/α,β-unsaturated/α-hetero) is 1. The first-order chi connectivity index (χ1) is 6.82. The first kappa shape index (κ1) is 14.6. The number of hydrogen-bond acceptors (Lipinski definition) is 7. The van der Waals surface area contributed by atoms with Gasteiger partial charge in [-0.3, -0.25) is 4.79 Å². The van der Waals surface area contributed by atoms with E-state index in [1.54, 1.807) is 0 Å². The number of rotatable bonds is 6. The predicted octanol–water partition coefficient (Wildman–Crippen LogP) is -2.62. The monoisotopic (exact) mass is 238 g/mol. The number of aliphatic hydroxyl groups is 5. The fourth-order valence-electron chi connectivity index (χ4n) is 0.886. The highest BCUT2D eigenvalue weighted by Gasteiger charge is 2.33. The van der Waals surface area contributed by atoms with Crippen molar-refractivity contribution in [3.05, 3.63) is 0 Å². The Hall–Kier alpha value is -0.440. The topological polar surface area (TPSA) is 118 Å². The maximum Gasteiger partial charge on any atom is 0.169 e. The van der Waals surface area contributed by atoms with E-state index in [2.05, 4.69) is 12.2 Å². The Labute approximate surface area is 91.8 Å². The first-order valence-corrected chi connectivity index (χ1v) is 4.61. The summed E-state index contributed by atoms with van der Waals surface area (Å²) >= 11 is 4.50. The standard InChI is InChI=1S/C8H14O6S/c1-3(10)8(15)7(14)6(13)5(12)4(11)2-9/h4-7,9,11-14H,2H2,1H3/t4-,5-,6+,7+/m1/s1. The second-order valence-electron chi connectivity index (χ2n) is 3.10. The molecule has 0 saturated heterocycles. The van der Waals surface area contributed by atoms with Crippen LogP contribution in [0.25, 0.3) is 0 Å². The number of hydrogen-bond donors (Lipinski definition) is 5. The van der Waals surface area contributed by atoms with Gasteiger partial charge >= 0.3 is 0 Å². The fraction of sp³-hybridized carbons (Fsp3) is 0.750. The molecule has 6 nitrogen and oxygen atoms in total. The van der Waals surface area contributed by atoms with Crippen molar-refractivity contribution >= 4 is 22.9 Å². The molecule has 0 saturated carbocycles. The van der Waals surface area contributed by atoms with E-state index in [1.807, 2.05) is 0 Å². The van der Waals surface area contributed by atoms with E-state index in [1.165, 1.54) is 0 Å². The summed E-state index contributed by atoms with van der Waals surface area (Å²) in [5, 5.41) is 45.2. The quantitative estimate of drug-likeness (QED) is 0.321. The van der Waals surface area contributed by atoms with Crippen molar-refractivity contribution in [3.63, 3.8) is 0 Å². The third-order valence-electron chi connectivity index (χ3n) is 1.87. The molecule has 0 spiro atoms. The molecule has 0 aromatic carbocycles. The van der Waals surface area contributed by atoms with Gasteiger partial charge in [0.15, 0.2) is 5.78 Å². The Kier molecular flexibility index (Phi) is 6.03. The van der Waals surface area contributed by atoms with Crippen molar-refractivity contribution in [2.75, 3.05) is 6.61 Å². The summed E-state index contributed by atoms with van der Waals surface area (Å²) in [6.07, 6.45) is -6.94. The van der Waals surface area contributed by atoms with Gasteiger partial charge in [-0.15, -0.1) is 0 Å². The van der Waals surface area contributed by atoms with Crippen LogP contribution in [-0.2, 0) is 4.79 Å². The molecule has 0 aromatic rings. The summed E-state index contributed by atoms with van der Waals surface area (Å²) < 4.78 is 0. The van der Waals surface area contributed by atoms with Crippen LogP contribution in [0.5, 0.6) is 0 Å². The van der Waals surface area contributed by atoms with Crippen LogP contribution in [0, 0.1) is 0 Å². The summed E-state index contributed by atoms with van der Waals surface area (Å²) in [7, 11) is 0. The summed E-state index contributed by atoms with van der Waals surface area (Å²) in [6.45, 7) is 0.324. The third kappa shape index (κ3) is 3.90. The molecule has 88 valence electrons. The van der Waals surface area contributed by atoms with Crippen molar-refractivity contribution < 1.29 is 30.3 Å². The lowest BCUT2D eigenvalue weighted by atomic mass is 10.00. The van der Waals surface area contributed by atoms with Crippen molar-refractivity contribution in [2.45, 2.75) is 31.3 Å². The zero-order chi connectivity index (χ0) is 12.2. The molecule has 0 unspecified atom stereocenters. The maximum atomic E-state index is 10.7. The van der Waals surface area contributed by atoms with E-state index in [9.17, 15) is 20.1 Å². The SMILES string of the molecule is CC(=O)C(=S)[C@@H](O)[C@@H](O)[C@H](O)[C@H](O)CO. The zero-order valence-corrected chi connectivity index (χ0v) is 8.89. The minimum absolute atomic E-state index is 0.438. The predicted molar refractivity (Wildman–Crippen MR) is 54.4 cm³/mol. The lowest BCUT2D eigenvalue weighted by molar-refractivity contribution is -0.114. The summed E-state index contributed by atoms with van der Waals surface area (Å²) in [6, 6.07) is 0. The van der Waals surface area contributed by atoms with Crippen molar-refractivity contribution in [1.82, 2.24) is 0 Å². The molecular weight excluding hydrogens is 224 g/mol. The Balaban J connectivity index is 4.50. The average molecular weight is 238 g/mol. The van der Waals surface area contributed by atoms with E-state index in [0.717, 1.165) is 6.92 Å². The minimum Gasteiger partial charge on any atom is -0.394 e. The van der Waals surface area contributed by atoms with Gasteiger partial charge in [-0.1, -0.05) is 12.2 Å². The van der Waals surface area contributed by atoms with Gasteiger partial charge in [0.1, 0.15) is 24.4 Å². The maximum absolute atomic E-state index is 10.7. The largest absolute Gasteiger partial charge is 0.394 e. The Bertz CT molecular complexity index is 243. The number of carbonyl (C=O) groups excluding carboxylic acids is 1.